The Morgan fingerprint density at radius 3 is 2.45 bits per heavy atom. The minimum atomic E-state index is -3.93. The van der Waals surface area contributed by atoms with Gasteiger partial charge in [-0.1, -0.05) is 0 Å². The van der Waals surface area contributed by atoms with Gasteiger partial charge in [0.05, 0.1) is 5.75 Å². The zero-order valence-electron chi connectivity index (χ0n) is 6.03. The van der Waals surface area contributed by atoms with Crippen molar-refractivity contribution in [3.05, 3.63) is 11.8 Å². The van der Waals surface area contributed by atoms with Gasteiger partial charge in [-0.05, 0) is 19.0 Å². The van der Waals surface area contributed by atoms with Crippen molar-refractivity contribution in [3.8, 4) is 0 Å². The van der Waals surface area contributed by atoms with Crippen LogP contribution < -0.4 is 11.5 Å². The topological polar surface area (TPSA) is 106 Å². The quantitative estimate of drug-likeness (QED) is 0.484. The monoisotopic (exact) mass is 180 g/mol. The summed E-state index contributed by atoms with van der Waals surface area (Å²) in [5.74, 6) is -0.446. The summed E-state index contributed by atoms with van der Waals surface area (Å²) < 4.78 is 28.6. The Kier molecular flexibility index (Phi) is 4.09. The molecule has 0 aliphatic rings. The molecule has 66 valence electrons. The third-order valence-electron chi connectivity index (χ3n) is 0.989. The van der Waals surface area contributed by atoms with Gasteiger partial charge in [0.25, 0.3) is 10.1 Å². The fourth-order valence-corrected chi connectivity index (χ4v) is 0.906. The molecule has 5 N–H and O–H groups in total. The highest BCUT2D eigenvalue weighted by molar-refractivity contribution is 7.85. The molecule has 0 fully saturated rings. The van der Waals surface area contributed by atoms with Gasteiger partial charge in [0.1, 0.15) is 0 Å². The second-order valence-electron chi connectivity index (χ2n) is 2.07. The van der Waals surface area contributed by atoms with Crippen molar-refractivity contribution in [2.45, 2.75) is 6.42 Å². The molecular weight excluding hydrogens is 168 g/mol. The Balaban J connectivity index is 3.93. The third kappa shape index (κ3) is 7.31. The standard InChI is InChI=1S/C5H12N2O3S/c6-3-1-5(7)2-4-11(8,9)10/h2H,1,3-4,6-7H2,(H,8,9,10). The van der Waals surface area contributed by atoms with E-state index in [0.717, 1.165) is 0 Å². The smallest absolute Gasteiger partial charge is 0.268 e. The Morgan fingerprint density at radius 2 is 2.09 bits per heavy atom. The van der Waals surface area contributed by atoms with E-state index >= 15 is 0 Å². The maximum atomic E-state index is 10.2. The van der Waals surface area contributed by atoms with E-state index in [1.807, 2.05) is 0 Å². The number of hydrogen-bond donors (Lipinski definition) is 3. The van der Waals surface area contributed by atoms with Crippen LogP contribution in [-0.4, -0.2) is 25.3 Å². The minimum absolute atomic E-state index is 0.369. The van der Waals surface area contributed by atoms with Gasteiger partial charge in [-0.15, -0.1) is 0 Å². The summed E-state index contributed by atoms with van der Waals surface area (Å²) in [6, 6.07) is 0. The SMILES string of the molecule is NCCC(N)=CCS(=O)(=O)O. The van der Waals surface area contributed by atoms with Crippen LogP contribution in [0.1, 0.15) is 6.42 Å². The lowest BCUT2D eigenvalue weighted by atomic mass is 10.3. The number of hydrogen-bond acceptors (Lipinski definition) is 4. The molecule has 0 saturated carbocycles. The van der Waals surface area contributed by atoms with E-state index in [0.29, 0.717) is 18.7 Å². The molecule has 0 atom stereocenters. The summed E-state index contributed by atoms with van der Waals surface area (Å²) in [5, 5.41) is 0. The van der Waals surface area contributed by atoms with Gasteiger partial charge in [0.2, 0.25) is 0 Å². The van der Waals surface area contributed by atoms with Crippen LogP contribution in [0.15, 0.2) is 11.8 Å². The Hall–Kier alpha value is -0.590. The van der Waals surface area contributed by atoms with Gasteiger partial charge in [-0.3, -0.25) is 4.55 Å². The van der Waals surface area contributed by atoms with E-state index in [4.69, 9.17) is 16.0 Å². The molecule has 0 aliphatic carbocycles. The highest BCUT2D eigenvalue weighted by Gasteiger charge is 2.00. The van der Waals surface area contributed by atoms with E-state index in [1.54, 1.807) is 0 Å². The molecular formula is C5H12N2O3S. The lowest BCUT2D eigenvalue weighted by Crippen LogP contribution is -2.09. The van der Waals surface area contributed by atoms with Crippen LogP contribution in [0, 0.1) is 0 Å². The Labute approximate surface area is 65.8 Å². The maximum absolute atomic E-state index is 10.2. The van der Waals surface area contributed by atoms with Gasteiger partial charge in [-0.25, -0.2) is 0 Å². The van der Waals surface area contributed by atoms with Crippen molar-refractivity contribution in [1.29, 1.82) is 0 Å². The van der Waals surface area contributed by atoms with E-state index < -0.39 is 15.9 Å². The van der Waals surface area contributed by atoms with Crippen molar-refractivity contribution in [2.75, 3.05) is 12.3 Å². The number of nitrogens with two attached hydrogens (primary N) is 2. The third-order valence-corrected chi connectivity index (χ3v) is 1.58. The predicted molar refractivity (Wildman–Crippen MR) is 42.4 cm³/mol. The van der Waals surface area contributed by atoms with E-state index in [9.17, 15) is 8.42 Å². The molecule has 0 bridgehead atoms. The van der Waals surface area contributed by atoms with Crippen LogP contribution in [0.5, 0.6) is 0 Å². The first-order valence-electron chi connectivity index (χ1n) is 3.05. The zero-order chi connectivity index (χ0) is 8.91. The summed E-state index contributed by atoms with van der Waals surface area (Å²) in [7, 11) is -3.93. The Bertz CT molecular complexity index is 232. The van der Waals surface area contributed by atoms with Crippen molar-refractivity contribution < 1.29 is 13.0 Å². The van der Waals surface area contributed by atoms with Gasteiger partial charge < -0.3 is 11.5 Å². The minimum Gasteiger partial charge on any atom is -0.402 e. The second kappa shape index (κ2) is 4.32. The summed E-state index contributed by atoms with van der Waals surface area (Å²) in [6.07, 6.45) is 1.68. The van der Waals surface area contributed by atoms with Crippen LogP contribution in [0.4, 0.5) is 0 Å². The van der Waals surface area contributed by atoms with Crippen molar-refractivity contribution >= 4 is 10.1 Å². The van der Waals surface area contributed by atoms with Crippen molar-refractivity contribution in [1.82, 2.24) is 0 Å². The van der Waals surface area contributed by atoms with Crippen LogP contribution in [0.2, 0.25) is 0 Å². The van der Waals surface area contributed by atoms with E-state index in [1.165, 1.54) is 6.08 Å². The molecule has 0 amide bonds. The highest BCUT2D eigenvalue weighted by Crippen LogP contribution is 1.91. The molecule has 0 aromatic rings. The first kappa shape index (κ1) is 10.4. The fourth-order valence-electron chi connectivity index (χ4n) is 0.481. The van der Waals surface area contributed by atoms with Crippen LogP contribution >= 0.6 is 0 Å². The van der Waals surface area contributed by atoms with Crippen LogP contribution in [-0.2, 0) is 10.1 Å². The average molecular weight is 180 g/mol. The first-order chi connectivity index (χ1) is 4.95. The normalized spacial score (nSPS) is 13.5. The summed E-state index contributed by atoms with van der Waals surface area (Å²) in [5.41, 5.74) is 10.8. The molecule has 11 heavy (non-hydrogen) atoms. The molecule has 0 unspecified atom stereocenters. The van der Waals surface area contributed by atoms with Crippen LogP contribution in [0.25, 0.3) is 0 Å². The largest absolute Gasteiger partial charge is 0.402 e. The molecule has 6 heteroatoms. The molecule has 0 radical (unpaired) electrons. The van der Waals surface area contributed by atoms with E-state index in [2.05, 4.69) is 0 Å². The molecule has 0 saturated heterocycles. The molecule has 0 heterocycles. The summed E-state index contributed by atoms with van der Waals surface area (Å²) in [6.45, 7) is 0.369. The molecule has 0 aromatic carbocycles. The maximum Gasteiger partial charge on any atom is 0.268 e. The van der Waals surface area contributed by atoms with Crippen molar-refractivity contribution in [2.24, 2.45) is 11.5 Å². The lowest BCUT2D eigenvalue weighted by Gasteiger charge is -1.96. The average Bonchev–Trinajstić information content (AvgIpc) is 1.83. The predicted octanol–water partition coefficient (Wildman–Crippen LogP) is -0.934. The zero-order valence-corrected chi connectivity index (χ0v) is 6.84. The lowest BCUT2D eigenvalue weighted by molar-refractivity contribution is 0.486. The van der Waals surface area contributed by atoms with Gasteiger partial charge in [0, 0.05) is 5.70 Å². The first-order valence-corrected chi connectivity index (χ1v) is 4.66. The van der Waals surface area contributed by atoms with Crippen molar-refractivity contribution in [3.63, 3.8) is 0 Å². The molecule has 0 spiro atoms. The van der Waals surface area contributed by atoms with Gasteiger partial charge in [0.15, 0.2) is 0 Å². The molecule has 5 nitrogen and oxygen atoms in total. The molecule has 0 aromatic heterocycles. The number of rotatable bonds is 4. The van der Waals surface area contributed by atoms with Crippen LogP contribution in [0.3, 0.4) is 0 Å². The fraction of sp³-hybridized carbons (Fsp3) is 0.600. The Morgan fingerprint density at radius 1 is 1.55 bits per heavy atom. The second-order valence-corrected chi connectivity index (χ2v) is 3.56. The highest BCUT2D eigenvalue weighted by atomic mass is 32.2. The summed E-state index contributed by atoms with van der Waals surface area (Å²) >= 11 is 0. The van der Waals surface area contributed by atoms with Gasteiger partial charge >= 0.3 is 0 Å². The van der Waals surface area contributed by atoms with E-state index in [-0.39, 0.29) is 0 Å². The summed E-state index contributed by atoms with van der Waals surface area (Å²) in [4.78, 5) is 0. The molecule has 0 aliphatic heterocycles. The molecule has 0 rings (SSSR count). The van der Waals surface area contributed by atoms with Gasteiger partial charge in [-0.2, -0.15) is 8.42 Å².